The molecule has 8 nitrogen and oxygen atoms in total. The number of carbonyl (C=O) groups is 3. The maximum Gasteiger partial charge on any atom is 0.328 e. The first-order chi connectivity index (χ1) is 13.3. The Labute approximate surface area is 160 Å². The Morgan fingerprint density at radius 2 is 2.04 bits per heavy atom. The van der Waals surface area contributed by atoms with E-state index in [4.69, 9.17) is 4.52 Å². The average Bonchev–Trinajstić information content (AvgIpc) is 3.13. The van der Waals surface area contributed by atoms with Gasteiger partial charge in [-0.1, -0.05) is 19.0 Å². The summed E-state index contributed by atoms with van der Waals surface area (Å²) in [6.45, 7) is 3.64. The molecule has 28 heavy (non-hydrogen) atoms. The maximum absolute atomic E-state index is 13.1. The molecule has 3 rings (SSSR count). The number of benzene rings is 1. The molecule has 2 aromatic rings. The van der Waals surface area contributed by atoms with Crippen LogP contribution in [0.3, 0.4) is 0 Å². The molecule has 2 amide bonds. The van der Waals surface area contributed by atoms with Gasteiger partial charge in [0.05, 0.1) is 6.54 Å². The first-order valence-electron chi connectivity index (χ1n) is 8.83. The van der Waals surface area contributed by atoms with Gasteiger partial charge in [-0.25, -0.2) is 9.18 Å². The highest BCUT2D eigenvalue weighted by Gasteiger charge is 2.41. The fourth-order valence-corrected chi connectivity index (χ4v) is 3.10. The highest BCUT2D eigenvalue weighted by atomic mass is 19.1. The maximum atomic E-state index is 13.1. The van der Waals surface area contributed by atoms with E-state index in [1.165, 1.54) is 35.2 Å². The molecule has 1 aliphatic heterocycles. The van der Waals surface area contributed by atoms with E-state index in [2.05, 4.69) is 10.5 Å². The van der Waals surface area contributed by atoms with Gasteiger partial charge >= 0.3 is 5.97 Å². The SMILES string of the molecule is CC(C)C[C@H]1C(=O)N[C@@H](C(=O)O)CN1C(=O)c1cc(-c2ccc(F)cc2)on1. The van der Waals surface area contributed by atoms with Crippen molar-refractivity contribution in [2.24, 2.45) is 5.92 Å². The Morgan fingerprint density at radius 1 is 1.36 bits per heavy atom. The fraction of sp³-hybridized carbons (Fsp3) is 0.368. The zero-order valence-electron chi connectivity index (χ0n) is 15.4. The fourth-order valence-electron chi connectivity index (χ4n) is 3.10. The number of nitrogens with zero attached hydrogens (tertiary/aromatic N) is 2. The molecular weight excluding hydrogens is 369 g/mol. The summed E-state index contributed by atoms with van der Waals surface area (Å²) in [5, 5.41) is 15.4. The van der Waals surface area contributed by atoms with Crippen LogP contribution in [-0.2, 0) is 9.59 Å². The van der Waals surface area contributed by atoms with Crippen LogP contribution in [0.4, 0.5) is 4.39 Å². The Balaban J connectivity index is 1.88. The number of nitrogens with one attached hydrogen (secondary N) is 1. The number of halogens is 1. The van der Waals surface area contributed by atoms with Gasteiger partial charge in [0.15, 0.2) is 11.5 Å². The van der Waals surface area contributed by atoms with Gasteiger partial charge in [0.1, 0.15) is 17.9 Å². The predicted molar refractivity (Wildman–Crippen MR) is 95.7 cm³/mol. The second kappa shape index (κ2) is 7.79. The summed E-state index contributed by atoms with van der Waals surface area (Å²) < 4.78 is 18.3. The molecule has 0 spiro atoms. The molecule has 1 fully saturated rings. The minimum Gasteiger partial charge on any atom is -0.480 e. The van der Waals surface area contributed by atoms with Crippen molar-refractivity contribution in [1.82, 2.24) is 15.4 Å². The van der Waals surface area contributed by atoms with Gasteiger partial charge in [0, 0.05) is 11.6 Å². The molecule has 0 aliphatic carbocycles. The lowest BCUT2D eigenvalue weighted by Gasteiger charge is -2.38. The van der Waals surface area contributed by atoms with Gasteiger partial charge in [0.25, 0.3) is 5.91 Å². The molecule has 0 saturated carbocycles. The van der Waals surface area contributed by atoms with E-state index in [9.17, 15) is 23.9 Å². The number of piperazine rings is 1. The van der Waals surface area contributed by atoms with Gasteiger partial charge in [-0.15, -0.1) is 0 Å². The summed E-state index contributed by atoms with van der Waals surface area (Å²) in [6, 6.07) is 4.89. The molecular formula is C19H20FN3O5. The summed E-state index contributed by atoms with van der Waals surface area (Å²) in [5.41, 5.74) is 0.485. The van der Waals surface area contributed by atoms with Crippen LogP contribution in [0.25, 0.3) is 11.3 Å². The number of amides is 2. The lowest BCUT2D eigenvalue weighted by Crippen LogP contribution is -2.63. The molecule has 2 heterocycles. The first-order valence-corrected chi connectivity index (χ1v) is 8.83. The number of carbonyl (C=O) groups excluding carboxylic acids is 2. The number of aromatic nitrogens is 1. The molecule has 148 valence electrons. The van der Waals surface area contributed by atoms with Crippen molar-refractivity contribution in [3.63, 3.8) is 0 Å². The second-order valence-electron chi connectivity index (χ2n) is 7.09. The minimum atomic E-state index is -1.22. The number of hydrogen-bond donors (Lipinski definition) is 2. The third-order valence-corrected chi connectivity index (χ3v) is 4.49. The van der Waals surface area contributed by atoms with Crippen LogP contribution in [0.2, 0.25) is 0 Å². The summed E-state index contributed by atoms with van der Waals surface area (Å²) >= 11 is 0. The highest BCUT2D eigenvalue weighted by Crippen LogP contribution is 2.24. The Kier molecular flexibility index (Phi) is 5.43. The molecule has 9 heteroatoms. The van der Waals surface area contributed by atoms with Crippen molar-refractivity contribution in [2.75, 3.05) is 6.54 Å². The highest BCUT2D eigenvalue weighted by molar-refractivity contribution is 5.99. The third-order valence-electron chi connectivity index (χ3n) is 4.49. The number of carboxylic acid groups (broad SMARTS) is 1. The van der Waals surface area contributed by atoms with E-state index in [1.54, 1.807) is 0 Å². The second-order valence-corrected chi connectivity index (χ2v) is 7.09. The van der Waals surface area contributed by atoms with Gasteiger partial charge < -0.3 is 19.8 Å². The molecule has 0 bridgehead atoms. The van der Waals surface area contributed by atoms with Crippen LogP contribution in [0.1, 0.15) is 30.8 Å². The van der Waals surface area contributed by atoms with Crippen molar-refractivity contribution in [3.8, 4) is 11.3 Å². The van der Waals surface area contributed by atoms with Gasteiger partial charge in [0.2, 0.25) is 5.91 Å². The van der Waals surface area contributed by atoms with E-state index < -0.39 is 35.7 Å². The van der Waals surface area contributed by atoms with E-state index in [0.29, 0.717) is 12.0 Å². The third kappa shape index (κ3) is 4.03. The largest absolute Gasteiger partial charge is 0.480 e. The summed E-state index contributed by atoms with van der Waals surface area (Å²) in [4.78, 5) is 37.9. The molecule has 2 atom stereocenters. The van der Waals surface area contributed by atoms with Crippen LogP contribution < -0.4 is 5.32 Å². The van der Waals surface area contributed by atoms with Crippen LogP contribution in [0.15, 0.2) is 34.9 Å². The van der Waals surface area contributed by atoms with Crippen molar-refractivity contribution >= 4 is 17.8 Å². The lowest BCUT2D eigenvalue weighted by atomic mass is 9.97. The topological polar surface area (TPSA) is 113 Å². The van der Waals surface area contributed by atoms with Gasteiger partial charge in [-0.2, -0.15) is 0 Å². The van der Waals surface area contributed by atoms with E-state index >= 15 is 0 Å². The number of rotatable bonds is 5. The normalized spacial score (nSPS) is 19.6. The van der Waals surface area contributed by atoms with Crippen molar-refractivity contribution in [3.05, 3.63) is 41.8 Å². The molecule has 0 radical (unpaired) electrons. The molecule has 1 aliphatic rings. The summed E-state index contributed by atoms with van der Waals surface area (Å²) in [7, 11) is 0. The van der Waals surface area contributed by atoms with Crippen LogP contribution >= 0.6 is 0 Å². The zero-order chi connectivity index (χ0) is 20.4. The minimum absolute atomic E-state index is 0.0491. The predicted octanol–water partition coefficient (Wildman–Crippen LogP) is 1.92. The first kappa shape index (κ1) is 19.5. The van der Waals surface area contributed by atoms with E-state index in [0.717, 1.165) is 0 Å². The van der Waals surface area contributed by atoms with Crippen LogP contribution in [0, 0.1) is 11.7 Å². The molecule has 2 N–H and O–H groups in total. The monoisotopic (exact) mass is 389 g/mol. The smallest absolute Gasteiger partial charge is 0.328 e. The number of aliphatic carboxylic acids is 1. The van der Waals surface area contributed by atoms with Crippen molar-refractivity contribution in [2.45, 2.75) is 32.4 Å². The summed E-state index contributed by atoms with van der Waals surface area (Å²) in [5.74, 6) is -2.36. The number of hydrogen-bond acceptors (Lipinski definition) is 5. The summed E-state index contributed by atoms with van der Waals surface area (Å²) in [6.07, 6.45) is 0.382. The lowest BCUT2D eigenvalue weighted by molar-refractivity contribution is -0.146. The number of carboxylic acids is 1. The molecule has 1 saturated heterocycles. The Bertz CT molecular complexity index is 893. The molecule has 1 aromatic heterocycles. The Morgan fingerprint density at radius 3 is 2.64 bits per heavy atom. The zero-order valence-corrected chi connectivity index (χ0v) is 15.4. The Hall–Kier alpha value is -3.23. The van der Waals surface area contributed by atoms with Crippen LogP contribution in [0.5, 0.6) is 0 Å². The molecule has 1 aromatic carbocycles. The standard InChI is InChI=1S/C19H20FN3O5/c1-10(2)7-15-17(24)21-14(19(26)27)9-23(15)18(25)13-8-16(28-22-13)11-3-5-12(20)6-4-11/h3-6,8,10,14-15H,7,9H2,1-2H3,(H,21,24)(H,26,27)/t14-,15+/m1/s1. The van der Waals surface area contributed by atoms with Gasteiger partial charge in [-0.3, -0.25) is 9.59 Å². The van der Waals surface area contributed by atoms with E-state index in [-0.39, 0.29) is 23.9 Å². The van der Waals surface area contributed by atoms with Gasteiger partial charge in [-0.05, 0) is 36.6 Å². The average molecular weight is 389 g/mol. The van der Waals surface area contributed by atoms with Crippen molar-refractivity contribution < 1.29 is 28.4 Å². The quantitative estimate of drug-likeness (QED) is 0.808. The van der Waals surface area contributed by atoms with E-state index in [1.807, 2.05) is 13.8 Å². The van der Waals surface area contributed by atoms with Crippen LogP contribution in [-0.4, -0.2) is 51.6 Å². The van der Waals surface area contributed by atoms with Crippen molar-refractivity contribution in [1.29, 1.82) is 0 Å². The molecule has 0 unspecified atom stereocenters.